The van der Waals surface area contributed by atoms with Crippen molar-refractivity contribution in [2.75, 3.05) is 13.1 Å². The van der Waals surface area contributed by atoms with Crippen LogP contribution in [0.3, 0.4) is 0 Å². The van der Waals surface area contributed by atoms with Gasteiger partial charge in [0.25, 0.3) is 0 Å². The van der Waals surface area contributed by atoms with Crippen LogP contribution in [0.25, 0.3) is 0 Å². The molecule has 89 heavy (non-hydrogen) atoms. The Hall–Kier alpha value is -7.46. The number of nitrogens with two attached hydrogens (primary N) is 2. The minimum absolute atomic E-state index is 0.0277. The van der Waals surface area contributed by atoms with Gasteiger partial charge in [0.15, 0.2) is 5.96 Å². The highest BCUT2D eigenvalue weighted by Gasteiger charge is 2.40. The van der Waals surface area contributed by atoms with Gasteiger partial charge < -0.3 is 89.6 Å². The van der Waals surface area contributed by atoms with Crippen molar-refractivity contribution in [3.8, 4) is 5.75 Å². The number of carbonyl (C=O) groups is 11. The van der Waals surface area contributed by atoms with Crippen LogP contribution >= 0.6 is 0 Å². The molecule has 7 amide bonds. The number of guanidine groups is 1. The smallest absolute Gasteiger partial charge is 0.303 e. The Kier molecular flexibility index (Phi) is 34.7. The molecule has 11 unspecified atom stereocenters. The summed E-state index contributed by atoms with van der Waals surface area (Å²) < 4.78 is 0. The quantitative estimate of drug-likeness (QED) is 0.0188. The SMILES string of the molecule is CCC(C)C(NC(=O)C(CCC(=O)O)NC(=O)C(CCC(=O)O)NC(=O)C(CCC(=O)O)NCC(C=O)(Cc1ccc(O)cc1)NC(=O)C(CC(C)C)NC(C)C)C(=O)NC(CCCN=C(N)N)C(=O)NC(C(=O)NC(CC(C)C)C(O)C(C)(C)C)C(C)C. The molecule has 0 heterocycles. The van der Waals surface area contributed by atoms with E-state index in [1.54, 1.807) is 27.7 Å². The molecule has 0 aromatic heterocycles. The number of aliphatic hydroxyl groups is 1. The fraction of sp³-hybridized carbons (Fsp3) is 0.705. The van der Waals surface area contributed by atoms with Gasteiger partial charge in [-0.25, -0.2) is 0 Å². The molecule has 0 aliphatic rings. The molecule has 0 fully saturated rings. The Labute approximate surface area is 523 Å². The predicted molar refractivity (Wildman–Crippen MR) is 333 cm³/mol. The molecule has 0 radical (unpaired) electrons. The number of aliphatic carboxylic acids is 3. The molecule has 1 rings (SSSR count). The Balaban J connectivity index is 3.78. The predicted octanol–water partition coefficient (Wildman–Crippen LogP) is 1.07. The monoisotopic (exact) mass is 1260 g/mol. The van der Waals surface area contributed by atoms with E-state index in [-0.39, 0.29) is 61.8 Å². The van der Waals surface area contributed by atoms with Crippen molar-refractivity contribution in [3.05, 3.63) is 29.8 Å². The lowest BCUT2D eigenvalue weighted by atomic mass is 9.81. The van der Waals surface area contributed by atoms with E-state index < -0.39 is 182 Å². The van der Waals surface area contributed by atoms with Gasteiger partial charge in [0.05, 0.1) is 24.2 Å². The van der Waals surface area contributed by atoms with Gasteiger partial charge in [-0.05, 0) is 91.7 Å². The first-order valence-electron chi connectivity index (χ1n) is 30.6. The van der Waals surface area contributed by atoms with Crippen LogP contribution in [-0.4, -0.2) is 176 Å². The average molecular weight is 1260 g/mol. The van der Waals surface area contributed by atoms with E-state index >= 15 is 0 Å². The standard InChI is InChI=1S/C61H104N12O16/c1-14-37(10)50(58(89)69-41(16-15-27-64-59(62)63)54(85)71-49(35(6)7)57(88)70-44(28-33(2)3)51(82)60(11,12)13)72-55(86)43(23-26-48(80)81)68-53(84)42(22-25-47(78)79)67-52(83)40(21-24-46(76)77)65-31-61(32-74,30-38-17-19-39(75)20-18-38)73-56(87)45(29-34(4)5)66-36(8)9/h17-20,32-37,40-45,49-51,65-66,75,82H,14-16,21-31H2,1-13H3,(H,67,83)(H,68,84)(H,69,89)(H,70,88)(H,71,85)(H,72,86)(H,73,87)(H,76,77)(H,78,79)(H,80,81)(H4,62,63,64). The zero-order valence-corrected chi connectivity index (χ0v) is 54.2. The number of benzene rings is 1. The zero-order chi connectivity index (χ0) is 68.1. The third kappa shape index (κ3) is 30.5. The topological polar surface area (TPSA) is 462 Å². The number of rotatable bonds is 43. The summed E-state index contributed by atoms with van der Waals surface area (Å²) in [6.45, 7) is 23.1. The third-order valence-electron chi connectivity index (χ3n) is 14.7. The molecule has 28 heteroatoms. The summed E-state index contributed by atoms with van der Waals surface area (Å²) in [5.41, 5.74) is 9.10. The van der Waals surface area contributed by atoms with E-state index in [0.29, 0.717) is 24.7 Å². The van der Waals surface area contributed by atoms with E-state index in [1.807, 2.05) is 62.3 Å². The number of aliphatic imine (C=N–C) groups is 1. The minimum Gasteiger partial charge on any atom is -0.508 e. The van der Waals surface area contributed by atoms with Crippen molar-refractivity contribution in [2.24, 2.45) is 45.5 Å². The van der Waals surface area contributed by atoms with Crippen LogP contribution in [0.5, 0.6) is 5.75 Å². The first-order valence-corrected chi connectivity index (χ1v) is 30.6. The summed E-state index contributed by atoms with van der Waals surface area (Å²) in [7, 11) is 0. The highest BCUT2D eigenvalue weighted by molar-refractivity contribution is 5.97. The van der Waals surface area contributed by atoms with Gasteiger partial charge in [-0.1, -0.05) is 109 Å². The average Bonchev–Trinajstić information content (AvgIpc) is 3.61. The van der Waals surface area contributed by atoms with Crippen LogP contribution in [-0.2, 0) is 59.2 Å². The lowest BCUT2D eigenvalue weighted by Crippen LogP contribution is -2.64. The molecule has 1 aromatic rings. The van der Waals surface area contributed by atoms with Gasteiger partial charge in [-0.3, -0.25) is 52.9 Å². The molecule has 504 valence electrons. The number of hydrogen-bond acceptors (Lipinski definition) is 16. The second-order valence-electron chi connectivity index (χ2n) is 25.6. The molecule has 0 saturated carbocycles. The lowest BCUT2D eigenvalue weighted by molar-refractivity contribution is -0.140. The molecule has 18 N–H and O–H groups in total. The number of carboxylic acids is 3. The number of nitrogens with one attached hydrogen (secondary N) is 9. The van der Waals surface area contributed by atoms with E-state index in [2.05, 4.69) is 52.8 Å². The first kappa shape index (κ1) is 79.6. The Morgan fingerprint density at radius 2 is 1.03 bits per heavy atom. The highest BCUT2D eigenvalue weighted by atomic mass is 16.4. The molecule has 1 aromatic carbocycles. The Bertz CT molecular complexity index is 2510. The third-order valence-corrected chi connectivity index (χ3v) is 14.7. The van der Waals surface area contributed by atoms with Crippen LogP contribution in [0, 0.1) is 29.1 Å². The normalized spacial score (nSPS) is 15.7. The van der Waals surface area contributed by atoms with Gasteiger partial charge in [-0.2, -0.15) is 0 Å². The van der Waals surface area contributed by atoms with E-state index in [9.17, 15) is 78.3 Å². The number of nitrogens with zero attached hydrogens (tertiary/aromatic N) is 1. The molecule has 28 nitrogen and oxygen atoms in total. The van der Waals surface area contributed by atoms with Gasteiger partial charge in [0.1, 0.15) is 47.8 Å². The molecular weight excluding hydrogens is 1160 g/mol. The number of phenols is 1. The molecule has 0 saturated heterocycles. The Morgan fingerprint density at radius 3 is 1.47 bits per heavy atom. The number of carboxylic acid groups (broad SMARTS) is 3. The number of hydrogen-bond donors (Lipinski definition) is 16. The van der Waals surface area contributed by atoms with Crippen LogP contribution in [0.15, 0.2) is 29.3 Å². The maximum Gasteiger partial charge on any atom is 0.303 e. The van der Waals surface area contributed by atoms with Crippen LogP contribution in [0.2, 0.25) is 0 Å². The highest BCUT2D eigenvalue weighted by Crippen LogP contribution is 2.26. The molecule has 0 bridgehead atoms. The van der Waals surface area contributed by atoms with E-state index in [4.69, 9.17) is 11.5 Å². The van der Waals surface area contributed by atoms with Gasteiger partial charge >= 0.3 is 17.9 Å². The molecule has 0 aliphatic heterocycles. The number of aldehydes is 1. The summed E-state index contributed by atoms with van der Waals surface area (Å²) in [6.07, 6.45) is -3.44. The maximum absolute atomic E-state index is 14.5. The zero-order valence-electron chi connectivity index (χ0n) is 54.2. The Morgan fingerprint density at radius 1 is 0.584 bits per heavy atom. The molecule has 11 atom stereocenters. The second-order valence-corrected chi connectivity index (χ2v) is 25.6. The molecule has 0 aliphatic carbocycles. The van der Waals surface area contributed by atoms with Gasteiger partial charge in [0.2, 0.25) is 41.4 Å². The van der Waals surface area contributed by atoms with Crippen LogP contribution in [0.1, 0.15) is 166 Å². The number of phenolic OH excluding ortho intramolecular Hbond substituents is 1. The van der Waals surface area contributed by atoms with Crippen LogP contribution in [0.4, 0.5) is 0 Å². The van der Waals surface area contributed by atoms with Crippen molar-refractivity contribution in [2.45, 2.75) is 233 Å². The van der Waals surface area contributed by atoms with Crippen molar-refractivity contribution in [3.63, 3.8) is 0 Å². The van der Waals surface area contributed by atoms with Gasteiger partial charge in [0, 0.05) is 44.8 Å². The summed E-state index contributed by atoms with van der Waals surface area (Å²) >= 11 is 0. The number of carbonyl (C=O) groups excluding carboxylic acids is 8. The first-order chi connectivity index (χ1) is 41.3. The largest absolute Gasteiger partial charge is 0.508 e. The second kappa shape index (κ2) is 38.8. The van der Waals surface area contributed by atoms with E-state index in [0.717, 1.165) is 0 Å². The summed E-state index contributed by atoms with van der Waals surface area (Å²) in [5, 5.41) is 75.1. The van der Waals surface area contributed by atoms with E-state index in [1.165, 1.54) is 24.3 Å². The number of amides is 7. The number of aliphatic hydroxyl groups excluding tert-OH is 1. The van der Waals surface area contributed by atoms with Crippen molar-refractivity contribution in [1.82, 2.24) is 47.9 Å². The maximum atomic E-state index is 14.5. The van der Waals surface area contributed by atoms with Crippen molar-refractivity contribution >= 4 is 71.5 Å². The molecule has 0 spiro atoms. The summed E-state index contributed by atoms with van der Waals surface area (Å²) in [4.78, 5) is 153. The molecular formula is C61H104N12O16. The fourth-order valence-corrected chi connectivity index (χ4v) is 9.64. The fourth-order valence-electron chi connectivity index (χ4n) is 9.64. The van der Waals surface area contributed by atoms with Crippen molar-refractivity contribution < 1.29 is 78.3 Å². The van der Waals surface area contributed by atoms with Crippen LogP contribution < -0.4 is 59.3 Å². The summed E-state index contributed by atoms with van der Waals surface area (Å²) in [5.74, 6) is -11.8. The van der Waals surface area contributed by atoms with Crippen molar-refractivity contribution in [1.29, 1.82) is 0 Å². The lowest BCUT2D eigenvalue weighted by Gasteiger charge is -2.36. The summed E-state index contributed by atoms with van der Waals surface area (Å²) in [6, 6.07) is -5.02. The van der Waals surface area contributed by atoms with Gasteiger partial charge in [-0.15, -0.1) is 0 Å². The minimum atomic E-state index is -1.83. The number of aromatic hydroxyl groups is 1.